The predicted octanol–water partition coefficient (Wildman–Crippen LogP) is 3.89. The molecule has 0 unspecified atom stereocenters. The second-order valence-corrected chi connectivity index (χ2v) is 7.13. The molecule has 134 valence electrons. The van der Waals surface area contributed by atoms with Crippen LogP contribution in [0.5, 0.6) is 5.75 Å². The number of anilines is 1. The van der Waals surface area contributed by atoms with Crippen LogP contribution in [0.4, 0.5) is 5.00 Å². The molecule has 0 spiro atoms. The van der Waals surface area contributed by atoms with Gasteiger partial charge in [-0.05, 0) is 41.8 Å². The number of amides is 2. The minimum atomic E-state index is -0.531. The quantitative estimate of drug-likeness (QED) is 0.692. The van der Waals surface area contributed by atoms with Crippen molar-refractivity contribution in [3.05, 3.63) is 58.5 Å². The molecule has 6 heteroatoms. The third kappa shape index (κ3) is 3.70. The molecule has 3 N–H and O–H groups in total. The number of aryl methyl sites for hydroxylation is 1. The SMILES string of the molecule is CCc1c(C)sc(NC(=O)COc2ccc3ccccc3c2)c1C(N)=O. The van der Waals surface area contributed by atoms with E-state index in [0.717, 1.165) is 21.2 Å². The molecule has 0 atom stereocenters. The van der Waals surface area contributed by atoms with E-state index < -0.39 is 5.91 Å². The maximum atomic E-state index is 12.3. The van der Waals surface area contributed by atoms with E-state index in [1.165, 1.54) is 11.3 Å². The van der Waals surface area contributed by atoms with E-state index in [1.54, 1.807) is 0 Å². The predicted molar refractivity (Wildman–Crippen MR) is 105 cm³/mol. The van der Waals surface area contributed by atoms with Gasteiger partial charge < -0.3 is 15.8 Å². The first-order valence-electron chi connectivity index (χ1n) is 8.33. The molecule has 0 radical (unpaired) electrons. The lowest BCUT2D eigenvalue weighted by atomic mass is 10.1. The van der Waals surface area contributed by atoms with Crippen molar-refractivity contribution in [2.45, 2.75) is 20.3 Å². The van der Waals surface area contributed by atoms with Crippen LogP contribution in [0, 0.1) is 6.92 Å². The number of fused-ring (bicyclic) bond motifs is 1. The Morgan fingerprint density at radius 3 is 2.58 bits per heavy atom. The van der Waals surface area contributed by atoms with E-state index in [9.17, 15) is 9.59 Å². The Hall–Kier alpha value is -2.86. The van der Waals surface area contributed by atoms with Crippen molar-refractivity contribution in [1.82, 2.24) is 0 Å². The molecule has 0 fully saturated rings. The van der Waals surface area contributed by atoms with Crippen molar-refractivity contribution in [2.75, 3.05) is 11.9 Å². The number of carbonyl (C=O) groups is 2. The fourth-order valence-corrected chi connectivity index (χ4v) is 4.09. The number of benzene rings is 2. The molecule has 0 aliphatic heterocycles. The first kappa shape index (κ1) is 17.9. The van der Waals surface area contributed by atoms with E-state index in [4.69, 9.17) is 10.5 Å². The molecule has 0 saturated carbocycles. The molecule has 2 aromatic carbocycles. The van der Waals surface area contributed by atoms with Crippen LogP contribution < -0.4 is 15.8 Å². The number of nitrogens with one attached hydrogen (secondary N) is 1. The van der Waals surface area contributed by atoms with E-state index in [2.05, 4.69) is 5.32 Å². The van der Waals surface area contributed by atoms with Crippen molar-refractivity contribution in [1.29, 1.82) is 0 Å². The van der Waals surface area contributed by atoms with E-state index in [0.29, 0.717) is 22.7 Å². The number of ether oxygens (including phenoxy) is 1. The zero-order valence-corrected chi connectivity index (χ0v) is 15.5. The van der Waals surface area contributed by atoms with Crippen LogP contribution in [0.15, 0.2) is 42.5 Å². The standard InChI is InChI=1S/C20H20N2O3S/c1-3-16-12(2)26-20(18(16)19(21)24)22-17(23)11-25-15-9-8-13-6-4-5-7-14(13)10-15/h4-10H,3,11H2,1-2H3,(H2,21,24)(H,22,23). The van der Waals surface area contributed by atoms with Crippen LogP contribution in [0.2, 0.25) is 0 Å². The number of carbonyl (C=O) groups excluding carboxylic acids is 2. The minimum Gasteiger partial charge on any atom is -0.484 e. The van der Waals surface area contributed by atoms with E-state index in [1.807, 2.05) is 56.3 Å². The van der Waals surface area contributed by atoms with Gasteiger partial charge in [0.2, 0.25) is 0 Å². The molecule has 3 aromatic rings. The number of rotatable bonds is 6. The minimum absolute atomic E-state index is 0.144. The van der Waals surface area contributed by atoms with Crippen LogP contribution in [-0.2, 0) is 11.2 Å². The first-order valence-corrected chi connectivity index (χ1v) is 9.14. The lowest BCUT2D eigenvalue weighted by molar-refractivity contribution is -0.118. The number of hydrogen-bond donors (Lipinski definition) is 2. The summed E-state index contributed by atoms with van der Waals surface area (Å²) in [6.07, 6.45) is 0.685. The topological polar surface area (TPSA) is 81.4 Å². The second-order valence-electron chi connectivity index (χ2n) is 5.90. The summed E-state index contributed by atoms with van der Waals surface area (Å²) in [5, 5.41) is 5.39. The highest BCUT2D eigenvalue weighted by Crippen LogP contribution is 2.33. The zero-order chi connectivity index (χ0) is 18.7. The summed E-state index contributed by atoms with van der Waals surface area (Å²) in [5.41, 5.74) is 6.76. The summed E-state index contributed by atoms with van der Waals surface area (Å²) in [6, 6.07) is 13.6. The monoisotopic (exact) mass is 368 g/mol. The largest absolute Gasteiger partial charge is 0.484 e. The molecule has 0 aliphatic rings. The normalized spacial score (nSPS) is 10.7. The van der Waals surface area contributed by atoms with Crippen molar-refractivity contribution in [2.24, 2.45) is 5.73 Å². The molecular formula is C20H20N2O3S. The molecule has 1 heterocycles. The molecule has 3 rings (SSSR count). The average molecular weight is 368 g/mol. The number of nitrogens with two attached hydrogens (primary N) is 1. The fourth-order valence-electron chi connectivity index (χ4n) is 2.92. The molecule has 0 aliphatic carbocycles. The maximum Gasteiger partial charge on any atom is 0.262 e. The highest BCUT2D eigenvalue weighted by Gasteiger charge is 2.20. The number of primary amides is 1. The molecule has 0 bridgehead atoms. The molecule has 1 aromatic heterocycles. The van der Waals surface area contributed by atoms with Gasteiger partial charge >= 0.3 is 0 Å². The highest BCUT2D eigenvalue weighted by atomic mass is 32.1. The van der Waals surface area contributed by atoms with Gasteiger partial charge in [0.15, 0.2) is 6.61 Å². The van der Waals surface area contributed by atoms with Gasteiger partial charge in [-0.3, -0.25) is 9.59 Å². The Kier molecular flexibility index (Phi) is 5.23. The summed E-state index contributed by atoms with van der Waals surface area (Å²) < 4.78 is 5.59. The Morgan fingerprint density at radius 2 is 1.88 bits per heavy atom. The third-order valence-corrected chi connectivity index (χ3v) is 5.22. The Labute approximate surface area is 155 Å². The summed E-state index contributed by atoms with van der Waals surface area (Å²) in [5.74, 6) is -0.243. The molecular weight excluding hydrogens is 348 g/mol. The molecule has 0 saturated heterocycles. The van der Waals surface area contributed by atoms with Gasteiger partial charge in [-0.1, -0.05) is 37.3 Å². The lowest BCUT2D eigenvalue weighted by Gasteiger charge is -2.08. The maximum absolute atomic E-state index is 12.3. The molecule has 5 nitrogen and oxygen atoms in total. The summed E-state index contributed by atoms with van der Waals surface area (Å²) in [7, 11) is 0. The summed E-state index contributed by atoms with van der Waals surface area (Å²) in [4.78, 5) is 25.0. The van der Waals surface area contributed by atoms with Crippen LogP contribution in [0.3, 0.4) is 0 Å². The first-order chi connectivity index (χ1) is 12.5. The lowest BCUT2D eigenvalue weighted by Crippen LogP contribution is -2.22. The van der Waals surface area contributed by atoms with Gasteiger partial charge in [-0.2, -0.15) is 0 Å². The smallest absolute Gasteiger partial charge is 0.262 e. The number of hydrogen-bond acceptors (Lipinski definition) is 4. The van der Waals surface area contributed by atoms with Crippen LogP contribution in [0.1, 0.15) is 27.7 Å². The highest BCUT2D eigenvalue weighted by molar-refractivity contribution is 7.16. The van der Waals surface area contributed by atoms with Crippen molar-refractivity contribution < 1.29 is 14.3 Å². The van der Waals surface area contributed by atoms with Crippen LogP contribution in [-0.4, -0.2) is 18.4 Å². The molecule has 2 amide bonds. The fraction of sp³-hybridized carbons (Fsp3) is 0.200. The summed E-state index contributed by atoms with van der Waals surface area (Å²) in [6.45, 7) is 3.72. The van der Waals surface area contributed by atoms with Crippen molar-refractivity contribution in [3.8, 4) is 5.75 Å². The third-order valence-electron chi connectivity index (χ3n) is 4.15. The van der Waals surface area contributed by atoms with Crippen molar-refractivity contribution >= 4 is 38.9 Å². The van der Waals surface area contributed by atoms with Crippen molar-refractivity contribution in [3.63, 3.8) is 0 Å². The Bertz CT molecular complexity index is 978. The van der Waals surface area contributed by atoms with Gasteiger partial charge in [-0.25, -0.2) is 0 Å². The van der Waals surface area contributed by atoms with Gasteiger partial charge in [0.1, 0.15) is 10.8 Å². The van der Waals surface area contributed by atoms with Crippen LogP contribution in [0.25, 0.3) is 10.8 Å². The van der Waals surface area contributed by atoms with Crippen LogP contribution >= 0.6 is 11.3 Å². The summed E-state index contributed by atoms with van der Waals surface area (Å²) >= 11 is 1.36. The van der Waals surface area contributed by atoms with E-state index >= 15 is 0 Å². The average Bonchev–Trinajstić information content (AvgIpc) is 2.94. The second kappa shape index (κ2) is 7.58. The number of thiophene rings is 1. The van der Waals surface area contributed by atoms with Gasteiger partial charge in [0.05, 0.1) is 5.56 Å². The Balaban J connectivity index is 1.70. The van der Waals surface area contributed by atoms with Gasteiger partial charge in [-0.15, -0.1) is 11.3 Å². The van der Waals surface area contributed by atoms with Gasteiger partial charge in [0.25, 0.3) is 11.8 Å². The molecule has 26 heavy (non-hydrogen) atoms. The van der Waals surface area contributed by atoms with E-state index in [-0.39, 0.29) is 12.5 Å². The zero-order valence-electron chi connectivity index (χ0n) is 14.7. The van der Waals surface area contributed by atoms with Gasteiger partial charge in [0, 0.05) is 4.88 Å². The Morgan fingerprint density at radius 1 is 1.15 bits per heavy atom.